The lowest BCUT2D eigenvalue weighted by molar-refractivity contribution is 0.0656. The van der Waals surface area contributed by atoms with Crippen molar-refractivity contribution >= 4 is 0 Å². The lowest BCUT2D eigenvalue weighted by atomic mass is 10.1. The normalized spacial score (nSPS) is 36.6. The molecular weight excluding hydrogens is 174 g/mol. The van der Waals surface area contributed by atoms with Crippen LogP contribution in [-0.4, -0.2) is 35.2 Å². The van der Waals surface area contributed by atoms with Gasteiger partial charge >= 0.3 is 0 Å². The lowest BCUT2D eigenvalue weighted by Crippen LogP contribution is -2.42. The summed E-state index contributed by atoms with van der Waals surface area (Å²) in [4.78, 5) is 2.55. The summed E-state index contributed by atoms with van der Waals surface area (Å²) < 4.78 is 0. The lowest BCUT2D eigenvalue weighted by Gasteiger charge is -2.32. The smallest absolute Gasteiger partial charge is 0.0695 e. The number of nitrogens with zero attached hydrogens (tertiary/aromatic N) is 1. The predicted molar refractivity (Wildman–Crippen MR) is 58.3 cm³/mol. The van der Waals surface area contributed by atoms with E-state index < -0.39 is 0 Å². The zero-order valence-corrected chi connectivity index (χ0v) is 9.12. The Kier molecular flexibility index (Phi) is 3.82. The molecule has 0 radical (unpaired) electrons. The maximum Gasteiger partial charge on any atom is 0.0695 e. The van der Waals surface area contributed by atoms with Crippen LogP contribution in [0.1, 0.15) is 51.4 Å². The molecule has 0 bridgehead atoms. The van der Waals surface area contributed by atoms with E-state index in [1.165, 1.54) is 58.0 Å². The van der Waals surface area contributed by atoms with Crippen LogP contribution in [0.15, 0.2) is 0 Å². The fraction of sp³-hybridized carbons (Fsp3) is 1.00. The van der Waals surface area contributed by atoms with Gasteiger partial charge in [-0.05, 0) is 45.2 Å². The summed E-state index contributed by atoms with van der Waals surface area (Å²) in [6, 6.07) is 0.494. The van der Waals surface area contributed by atoms with E-state index in [4.69, 9.17) is 0 Å². The van der Waals surface area contributed by atoms with Gasteiger partial charge in [0.15, 0.2) is 0 Å². The molecule has 0 aromatic carbocycles. The first-order chi connectivity index (χ1) is 6.88. The van der Waals surface area contributed by atoms with Crippen molar-refractivity contribution < 1.29 is 5.11 Å². The van der Waals surface area contributed by atoms with Crippen LogP contribution in [0.2, 0.25) is 0 Å². The van der Waals surface area contributed by atoms with Gasteiger partial charge in [0.05, 0.1) is 6.10 Å². The Labute approximate surface area is 87.3 Å². The molecule has 1 saturated heterocycles. The molecule has 0 aromatic heterocycles. The van der Waals surface area contributed by atoms with Crippen LogP contribution in [0.4, 0.5) is 0 Å². The summed E-state index contributed by atoms with van der Waals surface area (Å²) in [6.07, 6.45) is 10.3. The van der Waals surface area contributed by atoms with E-state index in [0.29, 0.717) is 6.04 Å². The van der Waals surface area contributed by atoms with E-state index >= 15 is 0 Å². The third kappa shape index (κ3) is 2.48. The average molecular weight is 197 g/mol. The maximum absolute atomic E-state index is 9.86. The van der Waals surface area contributed by atoms with E-state index in [-0.39, 0.29) is 6.10 Å². The number of likely N-dealkylation sites (tertiary alicyclic amines) is 1. The van der Waals surface area contributed by atoms with Crippen LogP contribution in [0.25, 0.3) is 0 Å². The van der Waals surface area contributed by atoms with E-state index in [2.05, 4.69) is 4.90 Å². The van der Waals surface area contributed by atoms with Gasteiger partial charge in [0.1, 0.15) is 0 Å². The monoisotopic (exact) mass is 197 g/mol. The van der Waals surface area contributed by atoms with Crippen LogP contribution < -0.4 is 0 Å². The van der Waals surface area contributed by atoms with Crippen molar-refractivity contribution in [1.82, 2.24) is 4.90 Å². The fourth-order valence-electron chi connectivity index (χ4n) is 2.95. The summed E-state index contributed by atoms with van der Waals surface area (Å²) in [5.74, 6) is 0. The largest absolute Gasteiger partial charge is 0.391 e. The zero-order valence-electron chi connectivity index (χ0n) is 9.12. The SMILES string of the molecule is OC1CCCC1N1CCCCCCC1. The van der Waals surface area contributed by atoms with Gasteiger partial charge in [-0.15, -0.1) is 0 Å². The quantitative estimate of drug-likeness (QED) is 0.696. The number of hydrogen-bond acceptors (Lipinski definition) is 2. The topological polar surface area (TPSA) is 23.5 Å². The standard InChI is InChI=1S/C12H23NO/c14-12-8-6-7-11(12)13-9-4-2-1-3-5-10-13/h11-12,14H,1-10H2. The van der Waals surface area contributed by atoms with Crippen LogP contribution >= 0.6 is 0 Å². The molecule has 0 spiro atoms. The average Bonchev–Trinajstić information content (AvgIpc) is 2.51. The van der Waals surface area contributed by atoms with Crippen molar-refractivity contribution in [3.8, 4) is 0 Å². The Morgan fingerprint density at radius 2 is 1.43 bits per heavy atom. The second kappa shape index (κ2) is 5.13. The molecule has 1 aliphatic heterocycles. The first-order valence-corrected chi connectivity index (χ1v) is 6.30. The highest BCUT2D eigenvalue weighted by Crippen LogP contribution is 2.25. The Bertz CT molecular complexity index is 164. The highest BCUT2D eigenvalue weighted by atomic mass is 16.3. The van der Waals surface area contributed by atoms with Crippen LogP contribution in [0, 0.1) is 0 Å². The molecule has 2 atom stereocenters. The molecule has 1 aliphatic carbocycles. The summed E-state index contributed by atoms with van der Waals surface area (Å²) >= 11 is 0. The summed E-state index contributed by atoms with van der Waals surface area (Å²) in [7, 11) is 0. The van der Waals surface area contributed by atoms with Crippen molar-refractivity contribution in [2.24, 2.45) is 0 Å². The number of aliphatic hydroxyl groups excluding tert-OH is 1. The Hall–Kier alpha value is -0.0800. The maximum atomic E-state index is 9.86. The third-order valence-electron chi connectivity index (χ3n) is 3.80. The highest BCUT2D eigenvalue weighted by molar-refractivity contribution is 4.85. The molecule has 2 rings (SSSR count). The molecule has 2 aliphatic rings. The van der Waals surface area contributed by atoms with Gasteiger partial charge < -0.3 is 5.11 Å². The van der Waals surface area contributed by atoms with Gasteiger partial charge in [-0.1, -0.05) is 19.3 Å². The minimum absolute atomic E-state index is 0.0329. The van der Waals surface area contributed by atoms with E-state index in [0.717, 1.165) is 6.42 Å². The second-order valence-corrected chi connectivity index (χ2v) is 4.87. The Morgan fingerprint density at radius 1 is 0.786 bits per heavy atom. The zero-order chi connectivity index (χ0) is 9.80. The number of hydrogen-bond donors (Lipinski definition) is 1. The molecule has 2 unspecified atom stereocenters. The van der Waals surface area contributed by atoms with Crippen molar-refractivity contribution in [2.45, 2.75) is 63.5 Å². The second-order valence-electron chi connectivity index (χ2n) is 4.87. The van der Waals surface area contributed by atoms with Crippen molar-refractivity contribution in [3.63, 3.8) is 0 Å². The summed E-state index contributed by atoms with van der Waals surface area (Å²) in [5, 5.41) is 9.86. The number of aliphatic hydroxyl groups is 1. The number of rotatable bonds is 1. The van der Waals surface area contributed by atoms with Crippen molar-refractivity contribution in [1.29, 1.82) is 0 Å². The van der Waals surface area contributed by atoms with Crippen LogP contribution in [0.3, 0.4) is 0 Å². The first-order valence-electron chi connectivity index (χ1n) is 6.30. The van der Waals surface area contributed by atoms with E-state index in [1.807, 2.05) is 0 Å². The highest BCUT2D eigenvalue weighted by Gasteiger charge is 2.30. The molecule has 2 heteroatoms. The fourth-order valence-corrected chi connectivity index (χ4v) is 2.95. The molecule has 1 N–H and O–H groups in total. The summed E-state index contributed by atoms with van der Waals surface area (Å²) in [5.41, 5.74) is 0. The third-order valence-corrected chi connectivity index (χ3v) is 3.80. The molecule has 1 saturated carbocycles. The molecule has 0 amide bonds. The van der Waals surface area contributed by atoms with Gasteiger partial charge in [-0.2, -0.15) is 0 Å². The molecule has 2 nitrogen and oxygen atoms in total. The first kappa shape index (κ1) is 10.4. The van der Waals surface area contributed by atoms with Crippen LogP contribution in [-0.2, 0) is 0 Å². The molecule has 82 valence electrons. The van der Waals surface area contributed by atoms with Gasteiger partial charge in [-0.25, -0.2) is 0 Å². The molecule has 1 heterocycles. The molecule has 14 heavy (non-hydrogen) atoms. The molecule has 2 fully saturated rings. The predicted octanol–water partition coefficient (Wildman–Crippen LogP) is 2.17. The van der Waals surface area contributed by atoms with Crippen molar-refractivity contribution in [3.05, 3.63) is 0 Å². The van der Waals surface area contributed by atoms with Gasteiger partial charge in [0, 0.05) is 6.04 Å². The summed E-state index contributed by atoms with van der Waals surface area (Å²) in [6.45, 7) is 2.45. The van der Waals surface area contributed by atoms with Crippen molar-refractivity contribution in [2.75, 3.05) is 13.1 Å². The Morgan fingerprint density at radius 3 is 2.00 bits per heavy atom. The molecular formula is C12H23NO. The Balaban J connectivity index is 1.86. The van der Waals surface area contributed by atoms with E-state index in [1.54, 1.807) is 0 Å². The van der Waals surface area contributed by atoms with Gasteiger partial charge in [0.2, 0.25) is 0 Å². The molecule has 0 aromatic rings. The van der Waals surface area contributed by atoms with Gasteiger partial charge in [-0.3, -0.25) is 4.90 Å². The minimum Gasteiger partial charge on any atom is -0.391 e. The minimum atomic E-state index is -0.0329. The van der Waals surface area contributed by atoms with Gasteiger partial charge in [0.25, 0.3) is 0 Å². The van der Waals surface area contributed by atoms with E-state index in [9.17, 15) is 5.11 Å². The van der Waals surface area contributed by atoms with Crippen LogP contribution in [0.5, 0.6) is 0 Å².